The molecule has 2 heteroatoms. The van der Waals surface area contributed by atoms with E-state index in [9.17, 15) is 10.2 Å². The molecule has 1 fully saturated rings. The zero-order valence-corrected chi connectivity index (χ0v) is 12.0. The van der Waals surface area contributed by atoms with Crippen LogP contribution in [0.1, 0.15) is 43.7 Å². The quantitative estimate of drug-likeness (QED) is 0.757. The summed E-state index contributed by atoms with van der Waals surface area (Å²) in [5, 5.41) is 19.7. The largest absolute Gasteiger partial charge is 0.508 e. The number of phenols is 1. The number of aryl methyl sites for hydroxylation is 1. The Labute approximate surface area is 120 Å². The van der Waals surface area contributed by atoms with Gasteiger partial charge in [0.25, 0.3) is 0 Å². The molecule has 2 nitrogen and oxygen atoms in total. The average Bonchev–Trinajstić information content (AvgIpc) is 2.72. The highest BCUT2D eigenvalue weighted by Gasteiger charge is 2.50. The molecule has 3 aliphatic carbocycles. The molecule has 0 radical (unpaired) electrons. The van der Waals surface area contributed by atoms with Crippen molar-refractivity contribution in [3.63, 3.8) is 0 Å². The van der Waals surface area contributed by atoms with E-state index in [0.717, 1.165) is 32.1 Å². The first-order valence-electron chi connectivity index (χ1n) is 7.77. The molecule has 0 aromatic heterocycles. The van der Waals surface area contributed by atoms with Crippen molar-refractivity contribution in [3.05, 3.63) is 35.4 Å². The highest BCUT2D eigenvalue weighted by atomic mass is 16.3. The number of aromatic hydroxyl groups is 1. The maximum atomic E-state index is 10.1. The van der Waals surface area contributed by atoms with Gasteiger partial charge in [-0.15, -0.1) is 0 Å². The van der Waals surface area contributed by atoms with Gasteiger partial charge in [-0.2, -0.15) is 0 Å². The third kappa shape index (κ3) is 1.67. The number of allylic oxidation sites excluding steroid dienone is 2. The smallest absolute Gasteiger partial charge is 0.115 e. The first-order chi connectivity index (χ1) is 9.57. The van der Waals surface area contributed by atoms with Crippen LogP contribution in [0.2, 0.25) is 0 Å². The third-order valence-electron chi connectivity index (χ3n) is 5.92. The summed E-state index contributed by atoms with van der Waals surface area (Å²) in [7, 11) is 0. The van der Waals surface area contributed by atoms with Crippen molar-refractivity contribution in [1.82, 2.24) is 0 Å². The lowest BCUT2D eigenvalue weighted by Gasteiger charge is -2.44. The summed E-state index contributed by atoms with van der Waals surface area (Å²) < 4.78 is 0. The molecule has 1 aromatic carbocycles. The van der Waals surface area contributed by atoms with Crippen LogP contribution in [0.25, 0.3) is 5.57 Å². The number of aliphatic hydroxyl groups is 1. The number of hydrogen-bond donors (Lipinski definition) is 2. The Morgan fingerprint density at radius 3 is 3.00 bits per heavy atom. The topological polar surface area (TPSA) is 40.5 Å². The van der Waals surface area contributed by atoms with Crippen LogP contribution in [0.15, 0.2) is 24.3 Å². The Hall–Kier alpha value is -1.28. The van der Waals surface area contributed by atoms with E-state index in [4.69, 9.17) is 0 Å². The van der Waals surface area contributed by atoms with Gasteiger partial charge >= 0.3 is 0 Å². The number of fused-ring (bicyclic) bond motifs is 5. The van der Waals surface area contributed by atoms with Crippen molar-refractivity contribution < 1.29 is 10.2 Å². The van der Waals surface area contributed by atoms with Gasteiger partial charge in [0.05, 0.1) is 6.10 Å². The SMILES string of the molecule is C[C@]12CC=C3c4ccc(O)cc4CC[C@H]3[C@@H]1C[C@@H](O)C2. The van der Waals surface area contributed by atoms with E-state index >= 15 is 0 Å². The summed E-state index contributed by atoms with van der Waals surface area (Å²) in [5.74, 6) is 1.60. The molecule has 1 saturated carbocycles. The fraction of sp³-hybridized carbons (Fsp3) is 0.556. The summed E-state index contributed by atoms with van der Waals surface area (Å²) >= 11 is 0. The lowest BCUT2D eigenvalue weighted by atomic mass is 9.60. The van der Waals surface area contributed by atoms with Crippen molar-refractivity contribution in [2.24, 2.45) is 17.3 Å². The molecule has 106 valence electrons. The van der Waals surface area contributed by atoms with Crippen LogP contribution in [0, 0.1) is 17.3 Å². The van der Waals surface area contributed by atoms with Gasteiger partial charge in [0, 0.05) is 0 Å². The first-order valence-corrected chi connectivity index (χ1v) is 7.77. The lowest BCUT2D eigenvalue weighted by molar-refractivity contribution is 0.157. The second kappa shape index (κ2) is 4.11. The molecule has 2 N–H and O–H groups in total. The second-order valence-corrected chi connectivity index (χ2v) is 7.20. The van der Waals surface area contributed by atoms with Gasteiger partial charge in [-0.05, 0) is 78.2 Å². The molecule has 0 spiro atoms. The number of benzene rings is 1. The predicted molar refractivity (Wildman–Crippen MR) is 79.3 cm³/mol. The highest BCUT2D eigenvalue weighted by molar-refractivity contribution is 5.73. The van der Waals surface area contributed by atoms with Crippen LogP contribution < -0.4 is 0 Å². The van der Waals surface area contributed by atoms with Crippen LogP contribution in [0.4, 0.5) is 0 Å². The van der Waals surface area contributed by atoms with E-state index < -0.39 is 0 Å². The van der Waals surface area contributed by atoms with Crippen LogP contribution in [-0.2, 0) is 6.42 Å². The van der Waals surface area contributed by atoms with Crippen molar-refractivity contribution in [1.29, 1.82) is 0 Å². The number of aliphatic hydroxyl groups excluding tert-OH is 1. The van der Waals surface area contributed by atoms with Crippen molar-refractivity contribution in [2.45, 2.75) is 45.1 Å². The number of hydrogen-bond acceptors (Lipinski definition) is 2. The maximum Gasteiger partial charge on any atom is 0.115 e. The highest BCUT2D eigenvalue weighted by Crippen LogP contribution is 2.58. The molecular formula is C18H22O2. The summed E-state index contributed by atoms with van der Waals surface area (Å²) in [6, 6.07) is 5.81. The summed E-state index contributed by atoms with van der Waals surface area (Å²) in [6.45, 7) is 2.35. The predicted octanol–water partition coefficient (Wildman–Crippen LogP) is 3.52. The normalized spacial score (nSPS) is 38.7. The van der Waals surface area contributed by atoms with Gasteiger partial charge in [-0.3, -0.25) is 0 Å². The van der Waals surface area contributed by atoms with Gasteiger partial charge in [-0.1, -0.05) is 19.1 Å². The Morgan fingerprint density at radius 2 is 2.15 bits per heavy atom. The molecule has 0 saturated heterocycles. The van der Waals surface area contributed by atoms with E-state index in [0.29, 0.717) is 23.0 Å². The minimum atomic E-state index is -0.112. The molecule has 1 aromatic rings. The van der Waals surface area contributed by atoms with Crippen molar-refractivity contribution in [3.8, 4) is 5.75 Å². The summed E-state index contributed by atoms with van der Waals surface area (Å²) in [5.41, 5.74) is 4.39. The van der Waals surface area contributed by atoms with Gasteiger partial charge in [0.1, 0.15) is 5.75 Å². The fourth-order valence-corrected chi connectivity index (χ4v) is 4.99. The Morgan fingerprint density at radius 1 is 1.30 bits per heavy atom. The van der Waals surface area contributed by atoms with E-state index in [1.807, 2.05) is 6.07 Å². The summed E-state index contributed by atoms with van der Waals surface area (Å²) in [6.07, 6.45) is 7.52. The fourth-order valence-electron chi connectivity index (χ4n) is 4.99. The maximum absolute atomic E-state index is 10.1. The van der Waals surface area contributed by atoms with Gasteiger partial charge in [0.15, 0.2) is 0 Å². The minimum Gasteiger partial charge on any atom is -0.508 e. The molecule has 20 heavy (non-hydrogen) atoms. The molecular weight excluding hydrogens is 248 g/mol. The van der Waals surface area contributed by atoms with Crippen LogP contribution in [0.5, 0.6) is 5.75 Å². The van der Waals surface area contributed by atoms with Crippen molar-refractivity contribution >= 4 is 5.57 Å². The number of rotatable bonds is 0. The van der Waals surface area contributed by atoms with E-state index in [2.05, 4.69) is 19.1 Å². The van der Waals surface area contributed by atoms with Gasteiger partial charge in [0.2, 0.25) is 0 Å². The Bertz CT molecular complexity index is 589. The van der Waals surface area contributed by atoms with E-state index in [-0.39, 0.29) is 6.10 Å². The monoisotopic (exact) mass is 270 g/mol. The zero-order chi connectivity index (χ0) is 13.9. The minimum absolute atomic E-state index is 0.112. The molecule has 0 heterocycles. The number of phenolic OH excluding ortho intramolecular Hbond substituents is 1. The molecule has 0 bridgehead atoms. The lowest BCUT2D eigenvalue weighted by Crippen LogP contribution is -2.34. The third-order valence-corrected chi connectivity index (χ3v) is 5.92. The van der Waals surface area contributed by atoms with Crippen molar-refractivity contribution in [2.75, 3.05) is 0 Å². The molecule has 0 unspecified atom stereocenters. The molecule has 4 rings (SSSR count). The van der Waals surface area contributed by atoms with E-state index in [1.54, 1.807) is 6.07 Å². The first kappa shape index (κ1) is 12.5. The van der Waals surface area contributed by atoms with Crippen LogP contribution >= 0.6 is 0 Å². The van der Waals surface area contributed by atoms with Gasteiger partial charge in [-0.25, -0.2) is 0 Å². The Balaban J connectivity index is 1.78. The standard InChI is InChI=1S/C18H22O2/c1-18-7-6-15-14-5-3-12(19)8-11(14)2-4-16(15)17(18)9-13(20)10-18/h3,5-6,8,13,16-17,19-20H,2,4,7,9-10H2,1H3/t13-,16-,17+,18-/m1/s1. The second-order valence-electron chi connectivity index (χ2n) is 7.20. The molecule has 4 atom stereocenters. The van der Waals surface area contributed by atoms with E-state index in [1.165, 1.54) is 16.7 Å². The Kier molecular flexibility index (Phi) is 2.56. The molecule has 3 aliphatic rings. The summed E-state index contributed by atoms with van der Waals surface area (Å²) in [4.78, 5) is 0. The molecule has 0 aliphatic heterocycles. The average molecular weight is 270 g/mol. The van der Waals surface area contributed by atoms with Crippen LogP contribution in [0.3, 0.4) is 0 Å². The van der Waals surface area contributed by atoms with Crippen LogP contribution in [-0.4, -0.2) is 16.3 Å². The van der Waals surface area contributed by atoms with Gasteiger partial charge < -0.3 is 10.2 Å². The zero-order valence-electron chi connectivity index (χ0n) is 12.0. The molecule has 0 amide bonds.